The molecule has 3 aromatic carbocycles. The monoisotopic (exact) mass is 468 g/mol. The van der Waals surface area contributed by atoms with Crippen molar-refractivity contribution in [2.45, 2.75) is 6.61 Å². The van der Waals surface area contributed by atoms with Crippen LogP contribution in [0.2, 0.25) is 0 Å². The van der Waals surface area contributed by atoms with Crippen LogP contribution in [-0.2, 0) is 0 Å². The Hall–Kier alpha value is -3.32. The van der Waals surface area contributed by atoms with Gasteiger partial charge in [-0.15, -0.1) is 0 Å². The van der Waals surface area contributed by atoms with Crippen LogP contribution < -0.4 is 10.1 Å². The van der Waals surface area contributed by atoms with E-state index in [4.69, 9.17) is 0 Å². The van der Waals surface area contributed by atoms with Crippen molar-refractivity contribution in [2.24, 2.45) is 0 Å². The van der Waals surface area contributed by atoms with Gasteiger partial charge in [-0.25, -0.2) is 4.98 Å². The Bertz CT molecular complexity index is 1210. The molecular weight excluding hydrogens is 454 g/mol. The Morgan fingerprint density at radius 1 is 0.967 bits per heavy atom. The molecule has 30 heavy (non-hydrogen) atoms. The molecule has 0 bridgehead atoms. The molecule has 0 aliphatic heterocycles. The van der Waals surface area contributed by atoms with E-state index in [-0.39, 0.29) is 11.7 Å². The molecule has 4 rings (SSSR count). The summed E-state index contributed by atoms with van der Waals surface area (Å²) in [6.07, 6.45) is 0. The summed E-state index contributed by atoms with van der Waals surface area (Å²) < 4.78 is 29.8. The Kier molecular flexibility index (Phi) is 5.72. The smallest absolute Gasteiger partial charge is 0.387 e. The lowest BCUT2D eigenvalue weighted by Gasteiger charge is -2.11. The van der Waals surface area contributed by atoms with Crippen molar-refractivity contribution in [3.63, 3.8) is 0 Å². The summed E-state index contributed by atoms with van der Waals surface area (Å²) in [5.41, 5.74) is 3.16. The molecule has 0 unspecified atom stereocenters. The van der Waals surface area contributed by atoms with E-state index >= 15 is 0 Å². The third-order valence-electron chi connectivity index (χ3n) is 4.42. The van der Waals surface area contributed by atoms with Gasteiger partial charge in [0.05, 0.1) is 16.8 Å². The van der Waals surface area contributed by atoms with Crippen LogP contribution in [-0.4, -0.2) is 17.5 Å². The van der Waals surface area contributed by atoms with Crippen LogP contribution in [0.15, 0.2) is 83.3 Å². The molecule has 1 N–H and O–H groups in total. The Morgan fingerprint density at radius 3 is 2.47 bits per heavy atom. The highest BCUT2D eigenvalue weighted by Crippen LogP contribution is 2.27. The first-order chi connectivity index (χ1) is 14.5. The molecule has 1 heterocycles. The molecule has 150 valence electrons. The standard InChI is InChI=1S/C23H15BrF2N2O2/c24-15-5-3-4-14(12-15)21-13-19(18-6-1-2-7-20(18)28-21)22(29)27-16-8-10-17(11-9-16)30-23(25)26/h1-13,23H,(H,27,29). The highest BCUT2D eigenvalue weighted by atomic mass is 79.9. The normalized spacial score (nSPS) is 10.9. The maximum absolute atomic E-state index is 13.0. The maximum Gasteiger partial charge on any atom is 0.387 e. The second kappa shape index (κ2) is 8.59. The number of aromatic nitrogens is 1. The first-order valence-corrected chi connectivity index (χ1v) is 9.81. The summed E-state index contributed by atoms with van der Waals surface area (Å²) in [5.74, 6) is -0.304. The van der Waals surface area contributed by atoms with Crippen LogP contribution >= 0.6 is 15.9 Å². The molecule has 1 amide bonds. The van der Waals surface area contributed by atoms with Gasteiger partial charge in [0.15, 0.2) is 0 Å². The number of pyridine rings is 1. The lowest BCUT2D eigenvalue weighted by molar-refractivity contribution is -0.0498. The molecule has 0 radical (unpaired) electrons. The SMILES string of the molecule is O=C(Nc1ccc(OC(F)F)cc1)c1cc(-c2cccc(Br)c2)nc2ccccc12. The lowest BCUT2D eigenvalue weighted by Crippen LogP contribution is -2.13. The molecular formula is C23H15BrF2N2O2. The van der Waals surface area contributed by atoms with Gasteiger partial charge in [-0.3, -0.25) is 4.79 Å². The minimum Gasteiger partial charge on any atom is -0.435 e. The zero-order valence-electron chi connectivity index (χ0n) is 15.5. The number of carbonyl (C=O) groups is 1. The Balaban J connectivity index is 1.69. The third kappa shape index (κ3) is 4.46. The number of para-hydroxylation sites is 1. The van der Waals surface area contributed by atoms with Crippen LogP contribution in [0.1, 0.15) is 10.4 Å². The number of rotatable bonds is 5. The van der Waals surface area contributed by atoms with Gasteiger partial charge in [0.25, 0.3) is 5.91 Å². The lowest BCUT2D eigenvalue weighted by atomic mass is 10.0. The zero-order chi connectivity index (χ0) is 21.1. The molecule has 1 aromatic heterocycles. The van der Waals surface area contributed by atoms with Crippen molar-refractivity contribution in [1.82, 2.24) is 4.98 Å². The van der Waals surface area contributed by atoms with E-state index in [2.05, 4.69) is 31.0 Å². The molecule has 0 atom stereocenters. The van der Waals surface area contributed by atoms with Gasteiger partial charge in [0, 0.05) is 21.1 Å². The van der Waals surface area contributed by atoms with Crippen molar-refractivity contribution in [1.29, 1.82) is 0 Å². The largest absolute Gasteiger partial charge is 0.435 e. The maximum atomic E-state index is 13.0. The fourth-order valence-electron chi connectivity index (χ4n) is 3.08. The summed E-state index contributed by atoms with van der Waals surface area (Å²) in [4.78, 5) is 17.7. The molecule has 4 nitrogen and oxygen atoms in total. The molecule has 0 spiro atoms. The van der Waals surface area contributed by atoms with E-state index in [9.17, 15) is 13.6 Å². The number of ether oxygens (including phenoxy) is 1. The third-order valence-corrected chi connectivity index (χ3v) is 4.91. The number of fused-ring (bicyclic) bond motifs is 1. The van der Waals surface area contributed by atoms with Gasteiger partial charge < -0.3 is 10.1 Å². The average molecular weight is 469 g/mol. The van der Waals surface area contributed by atoms with E-state index < -0.39 is 6.61 Å². The molecule has 4 aromatic rings. The van der Waals surface area contributed by atoms with E-state index in [1.54, 1.807) is 6.07 Å². The van der Waals surface area contributed by atoms with Crippen molar-refractivity contribution >= 4 is 38.4 Å². The average Bonchev–Trinajstić information content (AvgIpc) is 2.74. The summed E-state index contributed by atoms with van der Waals surface area (Å²) >= 11 is 3.46. The van der Waals surface area contributed by atoms with Gasteiger partial charge in [-0.2, -0.15) is 8.78 Å². The Labute approximate surface area is 179 Å². The number of alkyl halides is 2. The number of nitrogens with zero attached hydrogens (tertiary/aromatic N) is 1. The second-order valence-electron chi connectivity index (χ2n) is 6.44. The van der Waals surface area contributed by atoms with Gasteiger partial charge in [0.2, 0.25) is 0 Å². The number of halogens is 3. The van der Waals surface area contributed by atoms with Crippen molar-refractivity contribution < 1.29 is 18.3 Å². The Morgan fingerprint density at radius 2 is 1.73 bits per heavy atom. The number of carbonyl (C=O) groups excluding carboxylic acids is 1. The predicted octanol–water partition coefficient (Wildman–Crippen LogP) is 6.52. The fraction of sp³-hybridized carbons (Fsp3) is 0.0435. The van der Waals surface area contributed by atoms with Crippen LogP contribution in [0.4, 0.5) is 14.5 Å². The number of nitrogens with one attached hydrogen (secondary N) is 1. The first kappa shape index (κ1) is 20.0. The minimum absolute atomic E-state index is 0.0225. The number of amides is 1. The number of benzene rings is 3. The van der Waals surface area contributed by atoms with Crippen LogP contribution in [0.5, 0.6) is 5.75 Å². The zero-order valence-corrected chi connectivity index (χ0v) is 17.1. The van der Waals surface area contributed by atoms with Crippen molar-refractivity contribution in [3.8, 4) is 17.0 Å². The summed E-state index contributed by atoms with van der Waals surface area (Å²) in [7, 11) is 0. The van der Waals surface area contributed by atoms with Gasteiger partial charge in [0.1, 0.15) is 5.75 Å². The molecule has 7 heteroatoms. The molecule has 0 saturated heterocycles. The summed E-state index contributed by atoms with van der Waals surface area (Å²) in [5, 5.41) is 3.52. The predicted molar refractivity (Wildman–Crippen MR) is 116 cm³/mol. The van der Waals surface area contributed by atoms with Gasteiger partial charge in [-0.05, 0) is 48.5 Å². The first-order valence-electron chi connectivity index (χ1n) is 9.01. The summed E-state index contributed by atoms with van der Waals surface area (Å²) in [6.45, 7) is -2.90. The van der Waals surface area contributed by atoms with E-state index in [1.807, 2.05) is 48.5 Å². The van der Waals surface area contributed by atoms with Crippen LogP contribution in [0.25, 0.3) is 22.2 Å². The van der Waals surface area contributed by atoms with Gasteiger partial charge in [-0.1, -0.05) is 46.3 Å². The quantitative estimate of drug-likeness (QED) is 0.362. The van der Waals surface area contributed by atoms with Gasteiger partial charge >= 0.3 is 6.61 Å². The molecule has 0 aliphatic rings. The number of anilines is 1. The fourth-order valence-corrected chi connectivity index (χ4v) is 3.48. The van der Waals surface area contributed by atoms with Crippen LogP contribution in [0, 0.1) is 0 Å². The van der Waals surface area contributed by atoms with Crippen molar-refractivity contribution in [2.75, 3.05) is 5.32 Å². The van der Waals surface area contributed by atoms with Crippen LogP contribution in [0.3, 0.4) is 0 Å². The van der Waals surface area contributed by atoms with E-state index in [1.165, 1.54) is 24.3 Å². The van der Waals surface area contributed by atoms with E-state index in [0.29, 0.717) is 27.8 Å². The second-order valence-corrected chi connectivity index (χ2v) is 7.36. The topological polar surface area (TPSA) is 51.2 Å². The molecule has 0 aliphatic carbocycles. The number of hydrogen-bond acceptors (Lipinski definition) is 3. The van der Waals surface area contributed by atoms with E-state index in [0.717, 1.165) is 10.0 Å². The van der Waals surface area contributed by atoms with Crippen molar-refractivity contribution in [3.05, 3.63) is 88.9 Å². The molecule has 0 saturated carbocycles. The minimum atomic E-state index is -2.90. The number of hydrogen-bond donors (Lipinski definition) is 1. The molecule has 0 fully saturated rings. The highest BCUT2D eigenvalue weighted by Gasteiger charge is 2.15. The summed E-state index contributed by atoms with van der Waals surface area (Å²) in [6, 6.07) is 22.6. The highest BCUT2D eigenvalue weighted by molar-refractivity contribution is 9.10.